The van der Waals surface area contributed by atoms with E-state index >= 15 is 0 Å². The number of aliphatic hydroxyl groups excluding tert-OH is 1. The minimum Gasteiger partial charge on any atom is -0.396 e. The van der Waals surface area contributed by atoms with Crippen molar-refractivity contribution >= 4 is 5.91 Å². The highest BCUT2D eigenvalue weighted by molar-refractivity contribution is 5.83. The van der Waals surface area contributed by atoms with Gasteiger partial charge < -0.3 is 15.7 Å². The highest BCUT2D eigenvalue weighted by Crippen LogP contribution is 2.28. The summed E-state index contributed by atoms with van der Waals surface area (Å²) in [6.45, 7) is 5.63. The van der Waals surface area contributed by atoms with Crippen LogP contribution >= 0.6 is 0 Å². The summed E-state index contributed by atoms with van der Waals surface area (Å²) in [5.41, 5.74) is 5.52. The molecule has 4 heteroatoms. The molecule has 1 fully saturated rings. The number of nitrogens with zero attached hydrogens (tertiary/aromatic N) is 1. The van der Waals surface area contributed by atoms with E-state index in [9.17, 15) is 9.90 Å². The molecule has 0 aromatic rings. The van der Waals surface area contributed by atoms with E-state index in [0.717, 1.165) is 25.8 Å². The summed E-state index contributed by atoms with van der Waals surface area (Å²) in [6, 6.07) is -0.324. The molecule has 1 saturated heterocycles. The Bertz CT molecular complexity index is 218. The minimum atomic E-state index is -0.324. The number of carbonyl (C=O) groups is 1. The molecule has 1 heterocycles. The number of nitrogens with two attached hydrogens (primary N) is 1. The predicted octanol–water partition coefficient (Wildman–Crippen LogP) is 0.345. The first-order valence-electron chi connectivity index (χ1n) is 5.74. The summed E-state index contributed by atoms with van der Waals surface area (Å²) < 4.78 is 0. The molecule has 3 N–H and O–H groups in total. The number of amides is 1. The predicted molar refractivity (Wildman–Crippen MR) is 59.3 cm³/mol. The Hall–Kier alpha value is -0.610. The van der Waals surface area contributed by atoms with E-state index in [-0.39, 0.29) is 24.0 Å². The molecule has 1 aliphatic heterocycles. The zero-order valence-corrected chi connectivity index (χ0v) is 9.70. The Morgan fingerprint density at radius 3 is 2.47 bits per heavy atom. The largest absolute Gasteiger partial charge is 0.396 e. The number of hydrogen-bond acceptors (Lipinski definition) is 3. The Kier molecular flexibility index (Phi) is 4.11. The number of rotatable bonds is 5. The summed E-state index contributed by atoms with van der Waals surface area (Å²) in [6.07, 6.45) is 2.52. The zero-order valence-electron chi connectivity index (χ0n) is 9.70. The van der Waals surface area contributed by atoms with Gasteiger partial charge in [0, 0.05) is 18.5 Å². The topological polar surface area (TPSA) is 66.6 Å². The van der Waals surface area contributed by atoms with E-state index in [2.05, 4.69) is 13.8 Å². The Labute approximate surface area is 91.4 Å². The Balaban J connectivity index is 2.63. The van der Waals surface area contributed by atoms with Crippen molar-refractivity contribution in [2.45, 2.75) is 39.2 Å². The summed E-state index contributed by atoms with van der Waals surface area (Å²) >= 11 is 0. The quantitative estimate of drug-likeness (QED) is 0.693. The van der Waals surface area contributed by atoms with Crippen LogP contribution in [0, 0.1) is 5.41 Å². The van der Waals surface area contributed by atoms with Crippen LogP contribution in [0.1, 0.15) is 33.1 Å². The lowest BCUT2D eigenvalue weighted by Gasteiger charge is -2.33. The average molecular weight is 214 g/mol. The monoisotopic (exact) mass is 214 g/mol. The van der Waals surface area contributed by atoms with Gasteiger partial charge in [-0.25, -0.2) is 0 Å². The van der Waals surface area contributed by atoms with E-state index in [0.29, 0.717) is 6.54 Å². The van der Waals surface area contributed by atoms with Crippen LogP contribution < -0.4 is 5.73 Å². The minimum absolute atomic E-state index is 0.0368. The molecule has 0 saturated carbocycles. The number of hydrogen-bond donors (Lipinski definition) is 2. The summed E-state index contributed by atoms with van der Waals surface area (Å²) in [4.78, 5) is 13.4. The zero-order chi connectivity index (χ0) is 11.5. The van der Waals surface area contributed by atoms with Crippen LogP contribution in [0.5, 0.6) is 0 Å². The average Bonchev–Trinajstić information content (AvgIpc) is 2.57. The second-order valence-corrected chi connectivity index (χ2v) is 4.52. The summed E-state index contributed by atoms with van der Waals surface area (Å²) in [5, 5.41) is 9.42. The molecule has 1 rings (SSSR count). The molecule has 0 spiro atoms. The normalized spacial score (nSPS) is 22.5. The lowest BCUT2D eigenvalue weighted by Crippen LogP contribution is -2.42. The van der Waals surface area contributed by atoms with Crippen LogP contribution in [0.2, 0.25) is 0 Å². The Morgan fingerprint density at radius 2 is 2.13 bits per heavy atom. The van der Waals surface area contributed by atoms with Crippen molar-refractivity contribution in [1.82, 2.24) is 4.90 Å². The van der Waals surface area contributed by atoms with E-state index in [1.54, 1.807) is 4.90 Å². The first-order chi connectivity index (χ1) is 7.08. The molecule has 1 aliphatic rings. The van der Waals surface area contributed by atoms with E-state index in [4.69, 9.17) is 5.73 Å². The maximum atomic E-state index is 11.7. The molecule has 0 radical (unpaired) electrons. The van der Waals surface area contributed by atoms with Crippen LogP contribution in [-0.4, -0.2) is 41.7 Å². The first-order valence-corrected chi connectivity index (χ1v) is 5.74. The van der Waals surface area contributed by atoms with Crippen molar-refractivity contribution in [3.63, 3.8) is 0 Å². The summed E-state index contributed by atoms with van der Waals surface area (Å²) in [7, 11) is 0. The Morgan fingerprint density at radius 1 is 1.53 bits per heavy atom. The van der Waals surface area contributed by atoms with Gasteiger partial charge in [-0.1, -0.05) is 13.8 Å². The SMILES string of the molecule is CCC(CC)(CO)CN1CCC(N)C1=O. The molecular formula is C11H22N2O2. The lowest BCUT2D eigenvalue weighted by atomic mass is 9.83. The van der Waals surface area contributed by atoms with Gasteiger partial charge in [0.2, 0.25) is 5.91 Å². The highest BCUT2D eigenvalue weighted by Gasteiger charge is 2.35. The fourth-order valence-corrected chi connectivity index (χ4v) is 2.07. The fraction of sp³-hybridized carbons (Fsp3) is 0.909. The maximum Gasteiger partial charge on any atom is 0.239 e. The van der Waals surface area contributed by atoms with Gasteiger partial charge in [0.05, 0.1) is 12.6 Å². The van der Waals surface area contributed by atoms with Crippen LogP contribution in [-0.2, 0) is 4.79 Å². The van der Waals surface area contributed by atoms with Crippen LogP contribution in [0.15, 0.2) is 0 Å². The molecule has 1 atom stereocenters. The van der Waals surface area contributed by atoms with Crippen molar-refractivity contribution in [2.75, 3.05) is 19.7 Å². The third kappa shape index (κ3) is 2.49. The third-order valence-corrected chi connectivity index (χ3v) is 3.70. The summed E-state index contributed by atoms with van der Waals surface area (Å²) in [5.74, 6) is 0.0368. The van der Waals surface area contributed by atoms with Crippen molar-refractivity contribution < 1.29 is 9.90 Å². The molecular weight excluding hydrogens is 192 g/mol. The molecule has 15 heavy (non-hydrogen) atoms. The van der Waals surface area contributed by atoms with Gasteiger partial charge in [0.25, 0.3) is 0 Å². The van der Waals surface area contributed by atoms with Gasteiger partial charge in [-0.3, -0.25) is 4.79 Å². The second-order valence-electron chi connectivity index (χ2n) is 4.52. The molecule has 1 unspecified atom stereocenters. The molecule has 1 amide bonds. The molecule has 0 aliphatic carbocycles. The maximum absolute atomic E-state index is 11.7. The molecule has 0 bridgehead atoms. The highest BCUT2D eigenvalue weighted by atomic mass is 16.3. The molecule has 0 aromatic carbocycles. The van der Waals surface area contributed by atoms with Gasteiger partial charge >= 0.3 is 0 Å². The standard InChI is InChI=1S/C11H22N2O2/c1-3-11(4-2,8-14)7-13-6-5-9(12)10(13)15/h9,14H,3-8,12H2,1-2H3. The van der Waals surface area contributed by atoms with Crippen LogP contribution in [0.25, 0.3) is 0 Å². The first kappa shape index (κ1) is 12.5. The molecule has 4 nitrogen and oxygen atoms in total. The van der Waals surface area contributed by atoms with Crippen LogP contribution in [0.4, 0.5) is 0 Å². The van der Waals surface area contributed by atoms with Gasteiger partial charge in [-0.05, 0) is 19.3 Å². The van der Waals surface area contributed by atoms with Crippen molar-refractivity contribution in [1.29, 1.82) is 0 Å². The van der Waals surface area contributed by atoms with Gasteiger partial charge in [0.15, 0.2) is 0 Å². The van der Waals surface area contributed by atoms with Crippen molar-refractivity contribution in [3.8, 4) is 0 Å². The fourth-order valence-electron chi connectivity index (χ4n) is 2.07. The second kappa shape index (κ2) is 4.94. The third-order valence-electron chi connectivity index (χ3n) is 3.70. The van der Waals surface area contributed by atoms with E-state index < -0.39 is 0 Å². The van der Waals surface area contributed by atoms with Crippen molar-refractivity contribution in [3.05, 3.63) is 0 Å². The lowest BCUT2D eigenvalue weighted by molar-refractivity contribution is -0.130. The van der Waals surface area contributed by atoms with E-state index in [1.807, 2.05) is 0 Å². The smallest absolute Gasteiger partial charge is 0.239 e. The number of aliphatic hydroxyl groups is 1. The van der Waals surface area contributed by atoms with Crippen molar-refractivity contribution in [2.24, 2.45) is 11.1 Å². The van der Waals surface area contributed by atoms with Gasteiger partial charge in [-0.2, -0.15) is 0 Å². The van der Waals surface area contributed by atoms with E-state index in [1.165, 1.54) is 0 Å². The van der Waals surface area contributed by atoms with Crippen LogP contribution in [0.3, 0.4) is 0 Å². The van der Waals surface area contributed by atoms with Gasteiger partial charge in [0.1, 0.15) is 0 Å². The molecule has 88 valence electrons. The molecule has 0 aromatic heterocycles. The van der Waals surface area contributed by atoms with Gasteiger partial charge in [-0.15, -0.1) is 0 Å². The number of likely N-dealkylation sites (tertiary alicyclic amines) is 1. The number of carbonyl (C=O) groups excluding carboxylic acids is 1.